The van der Waals surface area contributed by atoms with E-state index < -0.39 is 16.8 Å². The number of nitrogens with zero attached hydrogens (tertiary/aromatic N) is 3. The van der Waals surface area contributed by atoms with Crippen LogP contribution < -0.4 is 0 Å². The lowest BCUT2D eigenvalue weighted by molar-refractivity contribution is 0.573. The number of nitrogens with one attached hydrogen (secondary N) is 1. The van der Waals surface area contributed by atoms with Gasteiger partial charge in [-0.1, -0.05) is 18.4 Å². The lowest BCUT2D eigenvalue weighted by Gasteiger charge is -2.07. The molecule has 10 heteroatoms. The van der Waals surface area contributed by atoms with Gasteiger partial charge in [0.15, 0.2) is 9.84 Å². The Bertz CT molecular complexity index is 691. The molecule has 0 saturated carbocycles. The SMILES string of the molecule is CB(O)CCS(=O)(=O)c1ccc(-c2nn[nH]n2)cc1Cl. The minimum absolute atomic E-state index is 0.0343. The number of aromatic nitrogens is 4. The molecular weight excluding hydrogens is 302 g/mol. The zero-order valence-electron chi connectivity index (χ0n) is 10.6. The summed E-state index contributed by atoms with van der Waals surface area (Å²) in [4.78, 5) is 0.0343. The maximum atomic E-state index is 12.1. The highest BCUT2D eigenvalue weighted by Gasteiger charge is 2.20. The van der Waals surface area contributed by atoms with E-state index in [9.17, 15) is 13.4 Å². The van der Waals surface area contributed by atoms with E-state index in [1.54, 1.807) is 6.07 Å². The molecule has 0 radical (unpaired) electrons. The molecule has 2 rings (SSSR count). The first-order chi connectivity index (χ1) is 9.40. The van der Waals surface area contributed by atoms with Crippen molar-refractivity contribution in [2.75, 3.05) is 5.75 Å². The predicted molar refractivity (Wildman–Crippen MR) is 75.3 cm³/mol. The average Bonchev–Trinajstić information content (AvgIpc) is 2.90. The summed E-state index contributed by atoms with van der Waals surface area (Å²) in [5.74, 6) is 0.172. The second kappa shape index (κ2) is 5.90. The Morgan fingerprint density at radius 3 is 2.75 bits per heavy atom. The van der Waals surface area contributed by atoms with Gasteiger partial charge in [-0.2, -0.15) is 5.21 Å². The van der Waals surface area contributed by atoms with Crippen molar-refractivity contribution in [3.63, 3.8) is 0 Å². The fourth-order valence-corrected chi connectivity index (χ4v) is 3.65. The molecule has 0 spiro atoms. The van der Waals surface area contributed by atoms with Gasteiger partial charge in [0.25, 0.3) is 6.92 Å². The molecule has 1 aromatic carbocycles. The Hall–Kier alpha value is -1.45. The minimum atomic E-state index is -3.53. The number of benzene rings is 1. The molecule has 0 aliphatic rings. The first kappa shape index (κ1) is 15.0. The second-order valence-electron chi connectivity index (χ2n) is 4.34. The van der Waals surface area contributed by atoms with Crippen LogP contribution in [0, 0.1) is 0 Å². The van der Waals surface area contributed by atoms with Crippen LogP contribution in [0.5, 0.6) is 0 Å². The second-order valence-corrected chi connectivity index (χ2v) is 6.82. The maximum absolute atomic E-state index is 12.1. The van der Waals surface area contributed by atoms with Gasteiger partial charge in [-0.25, -0.2) is 8.42 Å². The van der Waals surface area contributed by atoms with Crippen LogP contribution in [0.25, 0.3) is 11.4 Å². The number of rotatable bonds is 5. The molecule has 0 aliphatic carbocycles. The van der Waals surface area contributed by atoms with Crippen LogP contribution in [0.3, 0.4) is 0 Å². The van der Waals surface area contributed by atoms with Crippen molar-refractivity contribution in [1.82, 2.24) is 20.6 Å². The van der Waals surface area contributed by atoms with Crippen molar-refractivity contribution in [2.24, 2.45) is 0 Å². The number of halogens is 1. The summed E-state index contributed by atoms with van der Waals surface area (Å²) in [7, 11) is -3.53. The van der Waals surface area contributed by atoms with Gasteiger partial charge >= 0.3 is 0 Å². The van der Waals surface area contributed by atoms with E-state index in [0.717, 1.165) is 0 Å². The van der Waals surface area contributed by atoms with Crippen LogP contribution in [-0.4, -0.2) is 46.7 Å². The van der Waals surface area contributed by atoms with Gasteiger partial charge in [-0.3, -0.25) is 0 Å². The molecule has 0 bridgehead atoms. The number of aromatic amines is 1. The lowest BCUT2D eigenvalue weighted by atomic mass is 9.69. The van der Waals surface area contributed by atoms with Crippen molar-refractivity contribution < 1.29 is 13.4 Å². The van der Waals surface area contributed by atoms with E-state index in [-0.39, 0.29) is 22.0 Å². The van der Waals surface area contributed by atoms with Gasteiger partial charge in [0, 0.05) is 5.56 Å². The summed E-state index contributed by atoms with van der Waals surface area (Å²) >= 11 is 6.02. The summed E-state index contributed by atoms with van der Waals surface area (Å²) in [5, 5.41) is 22.6. The van der Waals surface area contributed by atoms with E-state index in [0.29, 0.717) is 11.4 Å². The van der Waals surface area contributed by atoms with Crippen LogP contribution in [-0.2, 0) is 9.84 Å². The predicted octanol–water partition coefficient (Wildman–Crippen LogP) is 0.907. The normalized spacial score (nSPS) is 11.6. The molecule has 0 amide bonds. The van der Waals surface area contributed by atoms with Crippen LogP contribution in [0.15, 0.2) is 23.1 Å². The monoisotopic (exact) mass is 314 g/mol. The van der Waals surface area contributed by atoms with E-state index in [1.165, 1.54) is 19.0 Å². The first-order valence-corrected chi connectivity index (χ1v) is 7.87. The number of tetrazole rings is 1. The van der Waals surface area contributed by atoms with E-state index in [2.05, 4.69) is 20.6 Å². The highest BCUT2D eigenvalue weighted by atomic mass is 35.5. The van der Waals surface area contributed by atoms with Crippen molar-refractivity contribution in [1.29, 1.82) is 0 Å². The standard InChI is InChI=1S/C10H12BClN4O3S/c1-11(17)4-5-20(18,19)9-3-2-7(6-8(9)12)10-13-15-16-14-10/h2-3,6,17H,4-5H2,1H3,(H,13,14,15,16). The molecule has 1 aromatic heterocycles. The maximum Gasteiger partial charge on any atom is 0.286 e. The third-order valence-electron chi connectivity index (χ3n) is 2.67. The molecule has 7 nitrogen and oxygen atoms in total. The number of hydrogen-bond acceptors (Lipinski definition) is 6. The topological polar surface area (TPSA) is 109 Å². The van der Waals surface area contributed by atoms with Crippen LogP contribution in [0.1, 0.15) is 0 Å². The highest BCUT2D eigenvalue weighted by molar-refractivity contribution is 7.91. The molecule has 1 heterocycles. The number of sulfone groups is 1. The molecule has 0 aliphatic heterocycles. The van der Waals surface area contributed by atoms with Crippen LogP contribution in [0.4, 0.5) is 0 Å². The Labute approximate surface area is 121 Å². The Morgan fingerprint density at radius 2 is 2.20 bits per heavy atom. The Morgan fingerprint density at radius 1 is 1.45 bits per heavy atom. The molecule has 2 aromatic rings. The average molecular weight is 315 g/mol. The lowest BCUT2D eigenvalue weighted by Crippen LogP contribution is -2.15. The first-order valence-electron chi connectivity index (χ1n) is 5.84. The van der Waals surface area contributed by atoms with Gasteiger partial charge in [-0.05, 0) is 29.7 Å². The summed E-state index contributed by atoms with van der Waals surface area (Å²) < 4.78 is 24.2. The summed E-state index contributed by atoms with van der Waals surface area (Å²) in [5.41, 5.74) is 0.568. The van der Waals surface area contributed by atoms with Crippen molar-refractivity contribution in [3.8, 4) is 11.4 Å². The summed E-state index contributed by atoms with van der Waals surface area (Å²) in [6.07, 6.45) is 0.158. The zero-order chi connectivity index (χ0) is 14.8. The summed E-state index contributed by atoms with van der Waals surface area (Å²) in [6, 6.07) is 4.44. The third-order valence-corrected chi connectivity index (χ3v) is 4.90. The smallest absolute Gasteiger partial charge is 0.286 e. The molecule has 2 N–H and O–H groups in total. The molecule has 0 atom stereocenters. The quantitative estimate of drug-likeness (QED) is 0.794. The van der Waals surface area contributed by atoms with Crippen LogP contribution >= 0.6 is 11.6 Å². The van der Waals surface area contributed by atoms with Crippen molar-refractivity contribution >= 4 is 28.4 Å². The largest absolute Gasteiger partial charge is 0.451 e. The van der Waals surface area contributed by atoms with Gasteiger partial charge < -0.3 is 5.02 Å². The highest BCUT2D eigenvalue weighted by Crippen LogP contribution is 2.27. The molecule has 106 valence electrons. The van der Waals surface area contributed by atoms with Gasteiger partial charge in [0.1, 0.15) is 0 Å². The zero-order valence-corrected chi connectivity index (χ0v) is 12.2. The number of H-pyrrole nitrogens is 1. The number of hydrogen-bond donors (Lipinski definition) is 2. The fourth-order valence-electron chi connectivity index (χ4n) is 1.61. The van der Waals surface area contributed by atoms with E-state index in [1.807, 2.05) is 0 Å². The Balaban J connectivity index is 2.30. The third kappa shape index (κ3) is 3.35. The minimum Gasteiger partial charge on any atom is -0.451 e. The molecule has 0 fully saturated rings. The Kier molecular flexibility index (Phi) is 4.41. The van der Waals surface area contributed by atoms with Crippen LogP contribution in [0.2, 0.25) is 18.2 Å². The molecule has 0 saturated heterocycles. The molecular formula is C10H12BClN4O3S. The summed E-state index contributed by atoms with van der Waals surface area (Å²) in [6.45, 7) is 0.860. The van der Waals surface area contributed by atoms with E-state index >= 15 is 0 Å². The van der Waals surface area contributed by atoms with Crippen molar-refractivity contribution in [3.05, 3.63) is 23.2 Å². The molecule has 20 heavy (non-hydrogen) atoms. The van der Waals surface area contributed by atoms with Gasteiger partial charge in [0.05, 0.1) is 15.7 Å². The van der Waals surface area contributed by atoms with Crippen molar-refractivity contribution in [2.45, 2.75) is 18.0 Å². The van der Waals surface area contributed by atoms with Gasteiger partial charge in [0.2, 0.25) is 5.82 Å². The fraction of sp³-hybridized carbons (Fsp3) is 0.300. The van der Waals surface area contributed by atoms with Gasteiger partial charge in [-0.15, -0.1) is 10.2 Å². The van der Waals surface area contributed by atoms with E-state index in [4.69, 9.17) is 11.6 Å². The molecule has 0 unspecified atom stereocenters.